The maximum absolute atomic E-state index is 13.8. The van der Waals surface area contributed by atoms with Crippen LogP contribution in [0.15, 0.2) is 29.1 Å². The first kappa shape index (κ1) is 16.1. The second-order valence-electron chi connectivity index (χ2n) is 5.32. The molecule has 0 atom stereocenters. The molecule has 0 spiro atoms. The van der Waals surface area contributed by atoms with Gasteiger partial charge in [0.15, 0.2) is 11.6 Å². The summed E-state index contributed by atoms with van der Waals surface area (Å²) in [5, 5.41) is 16.7. The fraction of sp³-hybridized carbons (Fsp3) is 0.333. The van der Waals surface area contributed by atoms with E-state index < -0.39 is 22.9 Å². The fourth-order valence-electron chi connectivity index (χ4n) is 1.94. The first-order chi connectivity index (χ1) is 10.4. The van der Waals surface area contributed by atoms with Gasteiger partial charge in [0.05, 0.1) is 0 Å². The number of nitrogens with zero attached hydrogens (tertiary/aromatic N) is 2. The third kappa shape index (κ3) is 3.48. The van der Waals surface area contributed by atoms with Crippen molar-refractivity contribution >= 4 is 0 Å². The molecule has 1 aromatic carbocycles. The average Bonchev–Trinajstić information content (AvgIpc) is 2.42. The highest BCUT2D eigenvalue weighted by molar-refractivity contribution is 5.36. The van der Waals surface area contributed by atoms with E-state index in [1.807, 2.05) is 13.8 Å². The molecule has 0 amide bonds. The molecular formula is C15H17F2N3O2. The number of aromatic hydroxyl groups is 1. The van der Waals surface area contributed by atoms with Gasteiger partial charge in [0.25, 0.3) is 5.56 Å². The quantitative estimate of drug-likeness (QED) is 0.886. The van der Waals surface area contributed by atoms with E-state index >= 15 is 0 Å². The zero-order valence-corrected chi connectivity index (χ0v) is 12.3. The highest BCUT2D eigenvalue weighted by Gasteiger charge is 2.16. The van der Waals surface area contributed by atoms with Gasteiger partial charge in [-0.3, -0.25) is 4.79 Å². The number of hydrogen-bond acceptors (Lipinski definition) is 4. The third-order valence-corrected chi connectivity index (χ3v) is 2.98. The van der Waals surface area contributed by atoms with Crippen molar-refractivity contribution in [3.8, 4) is 11.4 Å². The molecule has 0 saturated carbocycles. The molecule has 0 unspecified atom stereocenters. The van der Waals surface area contributed by atoms with Crippen LogP contribution in [0.5, 0.6) is 5.75 Å². The summed E-state index contributed by atoms with van der Waals surface area (Å²) in [5.74, 6) is -1.73. The Morgan fingerprint density at radius 1 is 1.32 bits per heavy atom. The van der Waals surface area contributed by atoms with Crippen LogP contribution in [0.2, 0.25) is 0 Å². The molecule has 0 radical (unpaired) electrons. The van der Waals surface area contributed by atoms with Crippen LogP contribution in [0.3, 0.4) is 0 Å². The van der Waals surface area contributed by atoms with Crippen LogP contribution < -0.4 is 10.9 Å². The minimum Gasteiger partial charge on any atom is -0.506 e. The zero-order chi connectivity index (χ0) is 16.3. The van der Waals surface area contributed by atoms with Crippen LogP contribution in [0.1, 0.15) is 19.5 Å². The highest BCUT2D eigenvalue weighted by atomic mass is 19.1. The van der Waals surface area contributed by atoms with E-state index in [0.717, 1.165) is 18.2 Å². The summed E-state index contributed by atoms with van der Waals surface area (Å²) in [7, 11) is 0. The Kier molecular flexibility index (Phi) is 4.87. The molecule has 0 aliphatic rings. The van der Waals surface area contributed by atoms with Gasteiger partial charge in [-0.05, 0) is 24.6 Å². The predicted molar refractivity (Wildman–Crippen MR) is 78.0 cm³/mol. The van der Waals surface area contributed by atoms with E-state index in [0.29, 0.717) is 17.1 Å². The van der Waals surface area contributed by atoms with Crippen molar-refractivity contribution in [2.45, 2.75) is 20.4 Å². The molecule has 118 valence electrons. The molecule has 1 aromatic heterocycles. The van der Waals surface area contributed by atoms with Gasteiger partial charge >= 0.3 is 0 Å². The van der Waals surface area contributed by atoms with E-state index in [2.05, 4.69) is 10.4 Å². The van der Waals surface area contributed by atoms with Gasteiger partial charge in [-0.1, -0.05) is 19.9 Å². The number of nitrogens with one attached hydrogen (secondary N) is 1. The van der Waals surface area contributed by atoms with E-state index in [9.17, 15) is 18.7 Å². The summed E-state index contributed by atoms with van der Waals surface area (Å²) in [4.78, 5) is 11.9. The number of para-hydroxylation sites is 1. The summed E-state index contributed by atoms with van der Waals surface area (Å²) in [5.41, 5.74) is -1.23. The topological polar surface area (TPSA) is 67.2 Å². The van der Waals surface area contributed by atoms with Crippen molar-refractivity contribution in [2.24, 2.45) is 5.92 Å². The highest BCUT2D eigenvalue weighted by Crippen LogP contribution is 2.17. The lowest BCUT2D eigenvalue weighted by Crippen LogP contribution is -2.26. The fourth-order valence-corrected chi connectivity index (χ4v) is 1.94. The second kappa shape index (κ2) is 6.65. The lowest BCUT2D eigenvalue weighted by atomic mass is 10.2. The molecule has 1 heterocycles. The normalized spacial score (nSPS) is 11.1. The summed E-state index contributed by atoms with van der Waals surface area (Å²) in [6.45, 7) is 4.88. The SMILES string of the molecule is CC(C)CNCc1nn(-c2c(F)cccc2F)c(=O)cc1O. The first-order valence-corrected chi connectivity index (χ1v) is 6.87. The Bertz CT molecular complexity index is 709. The second-order valence-corrected chi connectivity index (χ2v) is 5.32. The van der Waals surface area contributed by atoms with Gasteiger partial charge in [-0.2, -0.15) is 9.78 Å². The smallest absolute Gasteiger partial charge is 0.275 e. The van der Waals surface area contributed by atoms with Crippen molar-refractivity contribution < 1.29 is 13.9 Å². The predicted octanol–water partition coefficient (Wildman–Crippen LogP) is 1.96. The van der Waals surface area contributed by atoms with Gasteiger partial charge in [0, 0.05) is 12.6 Å². The maximum atomic E-state index is 13.8. The summed E-state index contributed by atoms with van der Waals surface area (Å²) in [6, 6.07) is 4.17. The van der Waals surface area contributed by atoms with E-state index in [1.54, 1.807) is 0 Å². The van der Waals surface area contributed by atoms with Crippen LogP contribution >= 0.6 is 0 Å². The third-order valence-electron chi connectivity index (χ3n) is 2.98. The minimum absolute atomic E-state index is 0.142. The monoisotopic (exact) mass is 309 g/mol. The molecule has 2 N–H and O–H groups in total. The number of aromatic nitrogens is 2. The molecule has 5 nitrogen and oxygen atoms in total. The molecule has 0 saturated heterocycles. The maximum Gasteiger partial charge on any atom is 0.275 e. The van der Waals surface area contributed by atoms with Crippen molar-refractivity contribution in [1.82, 2.24) is 15.1 Å². The average molecular weight is 309 g/mol. The van der Waals surface area contributed by atoms with Crippen molar-refractivity contribution in [3.63, 3.8) is 0 Å². The zero-order valence-electron chi connectivity index (χ0n) is 12.3. The van der Waals surface area contributed by atoms with Gasteiger partial charge in [-0.25, -0.2) is 8.78 Å². The Morgan fingerprint density at radius 3 is 2.55 bits per heavy atom. The molecule has 22 heavy (non-hydrogen) atoms. The van der Waals surface area contributed by atoms with Crippen LogP contribution in [0.25, 0.3) is 5.69 Å². The van der Waals surface area contributed by atoms with E-state index in [-0.39, 0.29) is 18.0 Å². The largest absolute Gasteiger partial charge is 0.506 e. The lowest BCUT2D eigenvalue weighted by Gasteiger charge is -2.11. The van der Waals surface area contributed by atoms with Gasteiger partial charge in [0.2, 0.25) is 0 Å². The molecule has 7 heteroatoms. The van der Waals surface area contributed by atoms with Crippen molar-refractivity contribution in [2.75, 3.05) is 6.54 Å². The summed E-state index contributed by atoms with van der Waals surface area (Å²) in [6.07, 6.45) is 0. The molecule has 2 aromatic rings. The van der Waals surface area contributed by atoms with Crippen molar-refractivity contribution in [1.29, 1.82) is 0 Å². The summed E-state index contributed by atoms with van der Waals surface area (Å²) < 4.78 is 28.2. The number of halogens is 2. The molecule has 0 aliphatic heterocycles. The van der Waals surface area contributed by atoms with E-state index in [1.165, 1.54) is 6.07 Å². The van der Waals surface area contributed by atoms with Crippen LogP contribution in [-0.4, -0.2) is 21.4 Å². The number of benzene rings is 1. The van der Waals surface area contributed by atoms with Crippen LogP contribution in [0, 0.1) is 17.6 Å². The lowest BCUT2D eigenvalue weighted by molar-refractivity contribution is 0.445. The summed E-state index contributed by atoms with van der Waals surface area (Å²) >= 11 is 0. The standard InChI is InChI=1S/C15H17F2N3O2/c1-9(2)7-18-8-12-13(21)6-14(22)20(19-12)15-10(16)4-3-5-11(15)17/h3-6,9,18,21H,7-8H2,1-2H3. The Balaban J connectivity index is 2.42. The molecule has 0 bridgehead atoms. The number of rotatable bonds is 5. The van der Waals surface area contributed by atoms with Crippen LogP contribution in [0.4, 0.5) is 8.78 Å². The minimum atomic E-state index is -0.902. The molecular weight excluding hydrogens is 292 g/mol. The van der Waals surface area contributed by atoms with Gasteiger partial charge in [0.1, 0.15) is 17.1 Å². The number of hydrogen-bond donors (Lipinski definition) is 2. The molecule has 0 fully saturated rings. The van der Waals surface area contributed by atoms with E-state index in [4.69, 9.17) is 0 Å². The Morgan fingerprint density at radius 2 is 1.95 bits per heavy atom. The molecule has 2 rings (SSSR count). The van der Waals surface area contributed by atoms with Crippen LogP contribution in [-0.2, 0) is 6.54 Å². The first-order valence-electron chi connectivity index (χ1n) is 6.87. The van der Waals surface area contributed by atoms with Crippen molar-refractivity contribution in [3.05, 3.63) is 51.9 Å². The molecule has 0 aliphatic carbocycles. The Hall–Kier alpha value is -2.28. The Labute approximate surface area is 126 Å². The van der Waals surface area contributed by atoms with Gasteiger partial charge in [-0.15, -0.1) is 0 Å². The van der Waals surface area contributed by atoms with Gasteiger partial charge < -0.3 is 10.4 Å².